The maximum absolute atomic E-state index is 11.2. The summed E-state index contributed by atoms with van der Waals surface area (Å²) in [6.45, 7) is 5.55. The van der Waals surface area contributed by atoms with Gasteiger partial charge in [-0.3, -0.25) is 0 Å². The molecule has 0 bridgehead atoms. The van der Waals surface area contributed by atoms with Crippen molar-refractivity contribution in [1.29, 1.82) is 0 Å². The Morgan fingerprint density at radius 3 is 2.47 bits per heavy atom. The number of hydrogen-bond acceptors (Lipinski definition) is 6. The topological polar surface area (TPSA) is 102 Å². The van der Waals surface area contributed by atoms with Crippen LogP contribution in [0.4, 0.5) is 11.4 Å². The summed E-state index contributed by atoms with van der Waals surface area (Å²) in [5, 5.41) is 17.4. The van der Waals surface area contributed by atoms with Crippen LogP contribution >= 0.6 is 0 Å². The zero-order chi connectivity index (χ0) is 24.6. The van der Waals surface area contributed by atoms with Crippen LogP contribution in [0.1, 0.15) is 30.9 Å². The minimum Gasteiger partial charge on any atom is -0.494 e. The van der Waals surface area contributed by atoms with Gasteiger partial charge in [0.1, 0.15) is 0 Å². The number of nitrogens with one attached hydrogen (secondary N) is 2. The molecule has 1 saturated heterocycles. The number of aromatic nitrogens is 1. The molecule has 36 heavy (non-hydrogen) atoms. The average Bonchev–Trinajstić information content (AvgIpc) is 3.46. The third-order valence-corrected chi connectivity index (χ3v) is 7.17. The van der Waals surface area contributed by atoms with Crippen LogP contribution in [0.2, 0.25) is 0 Å². The minimum absolute atomic E-state index is 0.0877. The van der Waals surface area contributed by atoms with Gasteiger partial charge in [-0.2, -0.15) is 0 Å². The van der Waals surface area contributed by atoms with Crippen LogP contribution < -0.4 is 21.8 Å². The van der Waals surface area contributed by atoms with Gasteiger partial charge in [-0.15, -0.1) is 0 Å². The van der Waals surface area contributed by atoms with Crippen molar-refractivity contribution in [1.82, 2.24) is 9.88 Å². The number of benzene rings is 3. The van der Waals surface area contributed by atoms with Crippen molar-refractivity contribution in [3.8, 4) is 5.88 Å². The van der Waals surface area contributed by atoms with Crippen LogP contribution in [0.25, 0.3) is 16.5 Å². The van der Waals surface area contributed by atoms with Crippen LogP contribution in [0.15, 0.2) is 82.5 Å². The normalized spacial score (nSPS) is 16.0. The van der Waals surface area contributed by atoms with Gasteiger partial charge in [0, 0.05) is 47.0 Å². The number of aromatic amines is 1. The monoisotopic (exact) mass is 478 g/mol. The summed E-state index contributed by atoms with van der Waals surface area (Å²) in [5.74, 6) is 0.646. The fourth-order valence-corrected chi connectivity index (χ4v) is 5.25. The SMILES string of the molecule is CCN1CCC(Nc2ccc3[nH]c(O)c(C(=C4N=c5ccccc5=N4)c4cccc(N)c4)c3c2)CC1. The minimum atomic E-state index is 0.0877. The summed E-state index contributed by atoms with van der Waals surface area (Å²) in [5.41, 5.74) is 11.0. The van der Waals surface area contributed by atoms with Crippen molar-refractivity contribution >= 4 is 27.9 Å². The van der Waals surface area contributed by atoms with Crippen molar-refractivity contribution in [3.63, 3.8) is 0 Å². The van der Waals surface area contributed by atoms with E-state index in [1.165, 1.54) is 0 Å². The number of nitrogens with two attached hydrogens (primary N) is 1. The lowest BCUT2D eigenvalue weighted by Crippen LogP contribution is -2.38. The predicted molar refractivity (Wildman–Crippen MR) is 144 cm³/mol. The van der Waals surface area contributed by atoms with E-state index in [0.29, 0.717) is 23.1 Å². The van der Waals surface area contributed by atoms with Gasteiger partial charge in [0.05, 0.1) is 16.3 Å². The largest absolute Gasteiger partial charge is 0.494 e. The molecule has 4 aromatic rings. The molecule has 0 radical (unpaired) electrons. The Labute approximate surface area is 209 Å². The zero-order valence-electron chi connectivity index (χ0n) is 20.3. The Balaban J connectivity index is 1.48. The van der Waals surface area contributed by atoms with Crippen LogP contribution in [-0.2, 0) is 0 Å². The number of H-pyrrole nitrogens is 1. The second-order valence-electron chi connectivity index (χ2n) is 9.50. The molecule has 0 aliphatic carbocycles. The van der Waals surface area contributed by atoms with E-state index in [1.54, 1.807) is 0 Å². The van der Waals surface area contributed by atoms with Gasteiger partial charge in [-0.05, 0) is 67.4 Å². The first-order valence-electron chi connectivity index (χ1n) is 12.6. The van der Waals surface area contributed by atoms with Crippen LogP contribution in [0.5, 0.6) is 5.88 Å². The Morgan fingerprint density at radius 1 is 1.03 bits per heavy atom. The number of rotatable bonds is 5. The van der Waals surface area contributed by atoms with E-state index in [1.807, 2.05) is 54.6 Å². The lowest BCUT2D eigenvalue weighted by atomic mass is 9.96. The van der Waals surface area contributed by atoms with Crippen molar-refractivity contribution < 1.29 is 5.11 Å². The number of fused-ring (bicyclic) bond motifs is 2. The molecule has 7 heteroatoms. The van der Waals surface area contributed by atoms with E-state index < -0.39 is 0 Å². The third kappa shape index (κ3) is 4.12. The van der Waals surface area contributed by atoms with Gasteiger partial charge in [-0.25, -0.2) is 9.98 Å². The van der Waals surface area contributed by atoms with E-state index >= 15 is 0 Å². The fourth-order valence-electron chi connectivity index (χ4n) is 5.25. The number of piperidine rings is 1. The molecular formula is C29H30N6O. The lowest BCUT2D eigenvalue weighted by molar-refractivity contribution is 0.229. The van der Waals surface area contributed by atoms with Crippen molar-refractivity contribution in [2.45, 2.75) is 25.8 Å². The molecule has 0 amide bonds. The molecule has 0 atom stereocenters. The standard InChI is InChI=1S/C29H30N6O/c1-2-35-14-12-20(13-15-35)31-21-10-11-23-22(17-21)27(29(36)34-23)26(18-6-5-7-19(30)16-18)28-32-24-8-3-4-9-25(24)33-28/h3-11,16-17,20,31,34,36H,2,12-15,30H2,1H3. The van der Waals surface area contributed by atoms with Gasteiger partial charge in [0.25, 0.3) is 0 Å². The van der Waals surface area contributed by atoms with E-state index in [9.17, 15) is 5.11 Å². The first-order valence-corrected chi connectivity index (χ1v) is 12.6. The molecule has 3 heterocycles. The molecule has 1 fully saturated rings. The summed E-state index contributed by atoms with van der Waals surface area (Å²) in [6, 6.07) is 22.1. The van der Waals surface area contributed by atoms with Gasteiger partial charge < -0.3 is 26.0 Å². The molecule has 2 aliphatic rings. The third-order valence-electron chi connectivity index (χ3n) is 7.17. The summed E-state index contributed by atoms with van der Waals surface area (Å²) >= 11 is 0. The Morgan fingerprint density at radius 2 is 1.78 bits per heavy atom. The summed E-state index contributed by atoms with van der Waals surface area (Å²) in [7, 11) is 0. The maximum atomic E-state index is 11.2. The fraction of sp³-hybridized carbons (Fsp3) is 0.241. The number of para-hydroxylation sites is 2. The van der Waals surface area contributed by atoms with E-state index in [2.05, 4.69) is 34.3 Å². The Hall–Kier alpha value is -4.10. The predicted octanol–water partition coefficient (Wildman–Crippen LogP) is 4.02. The van der Waals surface area contributed by atoms with E-state index in [0.717, 1.165) is 70.9 Å². The lowest BCUT2D eigenvalue weighted by Gasteiger charge is -2.32. The zero-order valence-corrected chi connectivity index (χ0v) is 20.3. The number of nitrogens with zero attached hydrogens (tertiary/aromatic N) is 3. The van der Waals surface area contributed by atoms with Gasteiger partial charge in [-0.1, -0.05) is 31.2 Å². The molecule has 5 N–H and O–H groups in total. The summed E-state index contributed by atoms with van der Waals surface area (Å²) in [6.07, 6.45) is 2.23. The van der Waals surface area contributed by atoms with Gasteiger partial charge in [0.2, 0.25) is 0 Å². The van der Waals surface area contributed by atoms with Crippen molar-refractivity contribution in [2.75, 3.05) is 30.7 Å². The maximum Gasteiger partial charge on any atom is 0.197 e. The van der Waals surface area contributed by atoms with Crippen LogP contribution in [0.3, 0.4) is 0 Å². The second kappa shape index (κ2) is 9.17. The van der Waals surface area contributed by atoms with E-state index in [4.69, 9.17) is 15.7 Å². The first-order chi connectivity index (χ1) is 17.6. The molecule has 3 aromatic carbocycles. The smallest absolute Gasteiger partial charge is 0.197 e. The number of nitrogen functional groups attached to an aromatic ring is 1. The first kappa shape index (κ1) is 22.4. The molecule has 0 spiro atoms. The Kier molecular flexibility index (Phi) is 5.70. The second-order valence-corrected chi connectivity index (χ2v) is 9.50. The Bertz CT molecular complexity index is 1560. The van der Waals surface area contributed by atoms with Crippen molar-refractivity contribution in [3.05, 3.63) is 94.4 Å². The molecule has 0 unspecified atom stereocenters. The highest BCUT2D eigenvalue weighted by Gasteiger charge is 2.23. The van der Waals surface area contributed by atoms with Gasteiger partial charge >= 0.3 is 0 Å². The number of likely N-dealkylation sites (tertiary alicyclic amines) is 1. The van der Waals surface area contributed by atoms with Crippen molar-refractivity contribution in [2.24, 2.45) is 9.98 Å². The van der Waals surface area contributed by atoms with Gasteiger partial charge in [0.15, 0.2) is 11.7 Å². The number of hydrogen-bond donors (Lipinski definition) is 4. The summed E-state index contributed by atoms with van der Waals surface area (Å²) in [4.78, 5) is 15.3. The van der Waals surface area contributed by atoms with Crippen LogP contribution in [0, 0.1) is 0 Å². The molecule has 2 aliphatic heterocycles. The highest BCUT2D eigenvalue weighted by Crippen LogP contribution is 2.40. The molecular weight excluding hydrogens is 448 g/mol. The average molecular weight is 479 g/mol. The highest BCUT2D eigenvalue weighted by molar-refractivity contribution is 6.02. The molecule has 182 valence electrons. The molecule has 6 rings (SSSR count). The molecule has 7 nitrogen and oxygen atoms in total. The quantitative estimate of drug-likeness (QED) is 0.325. The summed E-state index contributed by atoms with van der Waals surface area (Å²) < 4.78 is 0. The molecule has 0 saturated carbocycles. The highest BCUT2D eigenvalue weighted by atomic mass is 16.3. The number of anilines is 2. The van der Waals surface area contributed by atoms with E-state index in [-0.39, 0.29) is 5.88 Å². The van der Waals surface area contributed by atoms with Crippen LogP contribution in [-0.4, -0.2) is 40.7 Å². The number of aromatic hydroxyl groups is 1. The molecule has 1 aromatic heterocycles.